The lowest BCUT2D eigenvalue weighted by molar-refractivity contribution is -0.137. The third-order valence-corrected chi connectivity index (χ3v) is 9.24. The molecular weight excluding hydrogens is 566 g/mol. The average Bonchev–Trinajstić information content (AvgIpc) is 3.40. The highest BCUT2D eigenvalue weighted by Gasteiger charge is 2.55. The monoisotopic (exact) mass is 591 g/mol. The molecule has 1 aromatic carbocycles. The van der Waals surface area contributed by atoms with Crippen molar-refractivity contribution in [3.63, 3.8) is 0 Å². The molecule has 216 valence electrons. The lowest BCUT2D eigenvalue weighted by atomic mass is 9.59. The summed E-state index contributed by atoms with van der Waals surface area (Å²) in [7, 11) is -2.74. The number of ketones is 1. The highest BCUT2D eigenvalue weighted by molar-refractivity contribution is 7.89. The van der Waals surface area contributed by atoms with E-state index in [0.717, 1.165) is 27.6 Å². The summed E-state index contributed by atoms with van der Waals surface area (Å²) >= 11 is 0. The summed E-state index contributed by atoms with van der Waals surface area (Å²) < 4.78 is 82.0. The van der Waals surface area contributed by atoms with E-state index in [0.29, 0.717) is 23.0 Å². The molecule has 1 aliphatic carbocycles. The van der Waals surface area contributed by atoms with Gasteiger partial charge in [-0.2, -0.15) is 27.4 Å². The maximum atomic E-state index is 14.2. The fourth-order valence-electron chi connectivity index (χ4n) is 5.45. The second-order valence-corrected chi connectivity index (χ2v) is 11.9. The van der Waals surface area contributed by atoms with Crippen LogP contribution in [0.15, 0.2) is 70.6 Å². The van der Waals surface area contributed by atoms with Crippen molar-refractivity contribution in [2.75, 3.05) is 13.1 Å². The lowest BCUT2D eigenvalue weighted by Crippen LogP contribution is -2.57. The fourth-order valence-corrected chi connectivity index (χ4v) is 6.87. The van der Waals surface area contributed by atoms with Crippen LogP contribution in [0.1, 0.15) is 35.3 Å². The first-order valence-electron chi connectivity index (χ1n) is 12.5. The maximum Gasteiger partial charge on any atom is 0.416 e. The van der Waals surface area contributed by atoms with E-state index in [2.05, 4.69) is 20.2 Å². The van der Waals surface area contributed by atoms with Crippen LogP contribution in [-0.2, 0) is 23.2 Å². The molecule has 0 amide bonds. The van der Waals surface area contributed by atoms with E-state index in [-0.39, 0.29) is 37.4 Å². The number of sulfonamides is 1. The number of hydrogen-bond donors (Lipinski definition) is 1. The van der Waals surface area contributed by atoms with Gasteiger partial charge in [-0.1, -0.05) is 0 Å². The first-order chi connectivity index (χ1) is 19.3. The van der Waals surface area contributed by atoms with Crippen LogP contribution in [-0.4, -0.2) is 57.3 Å². The van der Waals surface area contributed by atoms with E-state index < -0.39 is 50.4 Å². The molecule has 2 aliphatic rings. The van der Waals surface area contributed by atoms with Crippen LogP contribution in [0.2, 0.25) is 0 Å². The van der Waals surface area contributed by atoms with Crippen LogP contribution in [0, 0.1) is 17.2 Å². The zero-order valence-corrected chi connectivity index (χ0v) is 22.5. The largest absolute Gasteiger partial charge is 0.416 e. The Hall–Kier alpha value is -3.98. The summed E-state index contributed by atoms with van der Waals surface area (Å²) in [6, 6.07) is 6.89. The molecule has 0 bridgehead atoms. The van der Waals surface area contributed by atoms with Crippen molar-refractivity contribution in [1.82, 2.24) is 24.3 Å². The van der Waals surface area contributed by atoms with Gasteiger partial charge < -0.3 is 5.73 Å². The predicted octanol–water partition coefficient (Wildman–Crippen LogP) is 3.66. The number of carbonyl (C=O) groups excluding carboxylic acids is 1. The highest BCUT2D eigenvalue weighted by Crippen LogP contribution is 2.50. The van der Waals surface area contributed by atoms with Gasteiger partial charge in [0.2, 0.25) is 5.03 Å². The number of fused-ring (bicyclic) bond motifs is 1. The number of nitrogens with zero attached hydrogens (tertiary/aromatic N) is 6. The second-order valence-electron chi connectivity index (χ2n) is 10.0. The summed E-state index contributed by atoms with van der Waals surface area (Å²) in [6.07, 6.45) is -1.19. The molecule has 0 spiro atoms. The molecule has 1 saturated heterocycles. The van der Waals surface area contributed by atoms with E-state index in [1.165, 1.54) is 37.5 Å². The molecule has 3 aromatic rings. The zero-order chi connectivity index (χ0) is 29.6. The van der Waals surface area contributed by atoms with Crippen LogP contribution in [0.3, 0.4) is 0 Å². The van der Waals surface area contributed by atoms with E-state index in [1.807, 2.05) is 0 Å². The van der Waals surface area contributed by atoms with Crippen LogP contribution in [0.25, 0.3) is 0 Å². The minimum atomic E-state index is -4.72. The van der Waals surface area contributed by atoms with Crippen molar-refractivity contribution in [2.45, 2.75) is 30.5 Å². The maximum absolute atomic E-state index is 14.2. The Morgan fingerprint density at radius 1 is 1.22 bits per heavy atom. The third-order valence-electron chi connectivity index (χ3n) is 7.53. The highest BCUT2D eigenvalue weighted by atomic mass is 32.2. The Morgan fingerprint density at radius 2 is 1.95 bits per heavy atom. The van der Waals surface area contributed by atoms with E-state index in [1.54, 1.807) is 0 Å². The number of pyridine rings is 1. The molecule has 0 unspecified atom stereocenters. The molecule has 3 heterocycles. The Kier molecular flexibility index (Phi) is 7.27. The summed E-state index contributed by atoms with van der Waals surface area (Å²) in [6.45, 7) is -0.311. The van der Waals surface area contributed by atoms with Gasteiger partial charge in [0.1, 0.15) is 11.5 Å². The lowest BCUT2D eigenvalue weighted by Gasteiger charge is -2.49. The quantitative estimate of drug-likeness (QED) is 0.353. The summed E-state index contributed by atoms with van der Waals surface area (Å²) in [4.78, 5) is 23.8. The van der Waals surface area contributed by atoms with E-state index in [9.17, 15) is 30.8 Å². The van der Waals surface area contributed by atoms with Gasteiger partial charge in [-0.15, -0.1) is 5.10 Å². The molecule has 2 atom stereocenters. The van der Waals surface area contributed by atoms with Gasteiger partial charge in [0.05, 0.1) is 22.9 Å². The Labute approximate surface area is 232 Å². The molecule has 2 aromatic heterocycles. The van der Waals surface area contributed by atoms with Crippen LogP contribution in [0.4, 0.5) is 23.2 Å². The standard InChI is InChI=1S/C26H25F4N7O3S/c1-36-33-14-23(35-36)41(39,40)37-9-7-17-10-21(34-20-4-2-19(27)3-5-20)16(13-31)12-25(17,15-37)24(38)22-11-18(6-8-32-22)26(28,29)30/h2-6,8,11,13-14,17H,7,9-10,12,15,31H2,1H3/b16-13-,34-21?/t17-,25-/m0/s1. The van der Waals surface area contributed by atoms with E-state index >= 15 is 0 Å². The van der Waals surface area contributed by atoms with Crippen LogP contribution in [0.5, 0.6) is 0 Å². The molecule has 5 rings (SSSR count). The SMILES string of the molecule is Cn1ncc(S(=O)(=O)N2CC[C@H]3CC(=Nc4ccc(F)cc4)/C(=C\N)C[C@]3(C(=O)c3cc(C(F)(F)F)ccn3)C2)n1. The van der Waals surface area contributed by atoms with Gasteiger partial charge >= 0.3 is 6.18 Å². The smallest absolute Gasteiger partial charge is 0.404 e. The third kappa shape index (κ3) is 5.38. The van der Waals surface area contributed by atoms with Gasteiger partial charge in [0, 0.05) is 32.0 Å². The Bertz CT molecular complexity index is 1650. The summed E-state index contributed by atoms with van der Waals surface area (Å²) in [5.41, 5.74) is 4.36. The summed E-state index contributed by atoms with van der Waals surface area (Å²) in [5, 5.41) is 7.41. The van der Waals surface area contributed by atoms with Crippen molar-refractivity contribution in [2.24, 2.45) is 29.1 Å². The molecule has 2 fully saturated rings. The molecule has 1 aliphatic heterocycles. The second kappa shape index (κ2) is 10.4. The van der Waals surface area contributed by atoms with Crippen molar-refractivity contribution in [1.29, 1.82) is 0 Å². The van der Waals surface area contributed by atoms with E-state index in [4.69, 9.17) is 5.73 Å². The summed E-state index contributed by atoms with van der Waals surface area (Å²) in [5.74, 6) is -1.68. The number of aromatic nitrogens is 4. The minimum Gasteiger partial charge on any atom is -0.404 e. The molecule has 1 saturated carbocycles. The molecule has 2 N–H and O–H groups in total. The van der Waals surface area contributed by atoms with Gasteiger partial charge in [-0.25, -0.2) is 12.8 Å². The van der Waals surface area contributed by atoms with Gasteiger partial charge in [0.15, 0.2) is 5.78 Å². The van der Waals surface area contributed by atoms with Crippen molar-refractivity contribution >= 4 is 27.2 Å². The number of carbonyl (C=O) groups is 1. The number of benzene rings is 1. The number of rotatable bonds is 5. The Balaban J connectivity index is 1.59. The van der Waals surface area contributed by atoms with Crippen LogP contribution < -0.4 is 5.73 Å². The number of aliphatic imine (C=N–C) groups is 1. The molecule has 15 heteroatoms. The first kappa shape index (κ1) is 28.5. The van der Waals surface area contributed by atoms with Gasteiger partial charge in [-0.05, 0) is 73.4 Å². The predicted molar refractivity (Wildman–Crippen MR) is 139 cm³/mol. The molecule has 10 nitrogen and oxygen atoms in total. The van der Waals surface area contributed by atoms with Crippen molar-refractivity contribution < 1.29 is 30.8 Å². The number of nitrogens with two attached hydrogens (primary N) is 1. The average molecular weight is 592 g/mol. The topological polar surface area (TPSA) is 136 Å². The number of hydrogen-bond acceptors (Lipinski definition) is 8. The number of aryl methyl sites for hydroxylation is 1. The zero-order valence-electron chi connectivity index (χ0n) is 21.7. The number of halogens is 4. The normalized spacial score (nSPS) is 24.0. The van der Waals surface area contributed by atoms with Gasteiger partial charge in [0.25, 0.3) is 10.0 Å². The number of alkyl halides is 3. The van der Waals surface area contributed by atoms with Crippen molar-refractivity contribution in [3.05, 3.63) is 77.6 Å². The fraction of sp³-hybridized carbons (Fsp3) is 0.346. The number of allylic oxidation sites excluding steroid dienone is 1. The molecular formula is C26H25F4N7O3S. The Morgan fingerprint density at radius 3 is 2.59 bits per heavy atom. The molecule has 0 radical (unpaired) electrons. The minimum absolute atomic E-state index is 0.0279. The number of piperidine rings is 1. The first-order valence-corrected chi connectivity index (χ1v) is 14.0. The molecule has 41 heavy (non-hydrogen) atoms. The van der Waals surface area contributed by atoms with Gasteiger partial charge in [-0.3, -0.25) is 14.8 Å². The number of Topliss-reactive ketones (excluding diaryl/α,β-unsaturated/α-hetero) is 1. The van der Waals surface area contributed by atoms with Crippen LogP contribution >= 0.6 is 0 Å². The van der Waals surface area contributed by atoms with Crippen molar-refractivity contribution in [3.8, 4) is 0 Å².